The minimum Gasteiger partial charge on any atom is -0.474 e. The molecule has 1 aliphatic heterocycles. The van der Waals surface area contributed by atoms with Crippen LogP contribution in [-0.4, -0.2) is 35.0 Å². The summed E-state index contributed by atoms with van der Waals surface area (Å²) in [5.41, 5.74) is 1.49. The highest BCUT2D eigenvalue weighted by atomic mass is 35.5. The number of hydrogen-bond donors (Lipinski definition) is 1. The molecule has 1 fully saturated rings. The van der Waals surface area contributed by atoms with Gasteiger partial charge in [0, 0.05) is 31.6 Å². The molecular formula is C25H25ClFN3O2. The molecule has 5 nitrogen and oxygen atoms in total. The van der Waals surface area contributed by atoms with Crippen molar-refractivity contribution >= 4 is 23.3 Å². The van der Waals surface area contributed by atoms with Crippen LogP contribution in [0.5, 0.6) is 5.88 Å². The van der Waals surface area contributed by atoms with Gasteiger partial charge in [0.05, 0.1) is 10.6 Å². The van der Waals surface area contributed by atoms with E-state index in [2.05, 4.69) is 46.4 Å². The van der Waals surface area contributed by atoms with Gasteiger partial charge in [0.15, 0.2) is 0 Å². The zero-order chi connectivity index (χ0) is 22.5. The number of amides is 1. The predicted molar refractivity (Wildman–Crippen MR) is 124 cm³/mol. The smallest absolute Gasteiger partial charge is 0.258 e. The first-order valence-corrected chi connectivity index (χ1v) is 11.0. The van der Waals surface area contributed by atoms with Crippen LogP contribution in [0.3, 0.4) is 0 Å². The molecule has 2 heterocycles. The summed E-state index contributed by atoms with van der Waals surface area (Å²) in [5.74, 6) is 0.195. The average molecular weight is 454 g/mol. The van der Waals surface area contributed by atoms with Gasteiger partial charge in [0.1, 0.15) is 17.7 Å². The number of carbonyl (C=O) groups is 1. The minimum atomic E-state index is -0.496. The zero-order valence-corrected chi connectivity index (χ0v) is 18.6. The lowest BCUT2D eigenvalue weighted by molar-refractivity contribution is 0.0462. The van der Waals surface area contributed by atoms with E-state index >= 15 is 0 Å². The maximum atomic E-state index is 13.2. The van der Waals surface area contributed by atoms with E-state index in [-0.39, 0.29) is 16.7 Å². The third kappa shape index (κ3) is 5.64. The van der Waals surface area contributed by atoms with Crippen LogP contribution in [-0.2, 0) is 6.54 Å². The highest BCUT2D eigenvalue weighted by Crippen LogP contribution is 2.24. The van der Waals surface area contributed by atoms with Crippen molar-refractivity contribution in [1.82, 2.24) is 9.88 Å². The van der Waals surface area contributed by atoms with E-state index in [9.17, 15) is 9.18 Å². The number of benzene rings is 2. The molecule has 3 aromatic rings. The Bertz CT molecular complexity index is 1080. The lowest BCUT2D eigenvalue weighted by Crippen LogP contribution is -2.44. The Morgan fingerprint density at radius 2 is 2.00 bits per heavy atom. The van der Waals surface area contributed by atoms with Crippen LogP contribution in [0.1, 0.15) is 29.3 Å². The summed E-state index contributed by atoms with van der Waals surface area (Å²) >= 11 is 5.98. The summed E-state index contributed by atoms with van der Waals surface area (Å²) in [6.45, 7) is 5.01. The molecule has 0 aliphatic carbocycles. The topological polar surface area (TPSA) is 54.5 Å². The Labute approximate surface area is 192 Å². The zero-order valence-electron chi connectivity index (χ0n) is 17.8. The van der Waals surface area contributed by atoms with Gasteiger partial charge >= 0.3 is 0 Å². The normalized spacial score (nSPS) is 18.8. The summed E-state index contributed by atoms with van der Waals surface area (Å²) in [6.07, 6.45) is 0.948. The Morgan fingerprint density at radius 3 is 2.75 bits per heavy atom. The molecule has 2 atom stereocenters. The van der Waals surface area contributed by atoms with Crippen LogP contribution in [0.15, 0.2) is 66.7 Å². The van der Waals surface area contributed by atoms with Crippen LogP contribution in [0, 0.1) is 11.7 Å². The molecule has 7 heteroatoms. The molecule has 4 rings (SSSR count). The number of halogens is 2. The maximum Gasteiger partial charge on any atom is 0.258 e. The van der Waals surface area contributed by atoms with Crippen LogP contribution >= 0.6 is 11.6 Å². The van der Waals surface area contributed by atoms with Crippen molar-refractivity contribution in [2.75, 3.05) is 18.4 Å². The number of rotatable bonds is 6. The summed E-state index contributed by atoms with van der Waals surface area (Å²) in [4.78, 5) is 19.3. The fraction of sp³-hybridized carbons (Fsp3) is 0.280. The monoisotopic (exact) mass is 453 g/mol. The molecule has 0 unspecified atom stereocenters. The van der Waals surface area contributed by atoms with E-state index in [0.717, 1.165) is 32.1 Å². The van der Waals surface area contributed by atoms with Crippen molar-refractivity contribution in [2.45, 2.75) is 26.0 Å². The minimum absolute atomic E-state index is 0.0472. The van der Waals surface area contributed by atoms with Gasteiger partial charge in [-0.3, -0.25) is 9.69 Å². The third-order valence-corrected chi connectivity index (χ3v) is 5.89. The van der Waals surface area contributed by atoms with Crippen LogP contribution in [0.4, 0.5) is 10.2 Å². The number of carbonyl (C=O) groups excluding carboxylic acids is 1. The quantitative estimate of drug-likeness (QED) is 0.541. The number of aromatic nitrogens is 1. The molecule has 0 bridgehead atoms. The van der Waals surface area contributed by atoms with E-state index in [4.69, 9.17) is 16.3 Å². The van der Waals surface area contributed by atoms with Crippen molar-refractivity contribution in [3.8, 4) is 5.88 Å². The van der Waals surface area contributed by atoms with Gasteiger partial charge in [-0.25, -0.2) is 4.39 Å². The average Bonchev–Trinajstić information content (AvgIpc) is 2.76. The number of anilines is 1. The van der Waals surface area contributed by atoms with Crippen LogP contribution in [0.25, 0.3) is 0 Å². The number of nitrogens with zero attached hydrogens (tertiary/aromatic N) is 2. The van der Waals surface area contributed by atoms with Crippen LogP contribution in [0.2, 0.25) is 5.02 Å². The highest BCUT2D eigenvalue weighted by molar-refractivity contribution is 6.34. The maximum absolute atomic E-state index is 13.2. The first-order chi connectivity index (χ1) is 15.5. The summed E-state index contributed by atoms with van der Waals surface area (Å²) in [5, 5.41) is 2.74. The first kappa shape index (κ1) is 22.2. The number of hydrogen-bond acceptors (Lipinski definition) is 4. The number of nitrogens with one attached hydrogen (secondary N) is 1. The van der Waals surface area contributed by atoms with E-state index in [1.165, 1.54) is 17.7 Å². The third-order valence-electron chi connectivity index (χ3n) is 5.57. The molecule has 1 amide bonds. The molecule has 0 saturated carbocycles. The first-order valence-electron chi connectivity index (χ1n) is 10.6. The molecule has 1 N–H and O–H groups in total. The largest absolute Gasteiger partial charge is 0.474 e. The van der Waals surface area contributed by atoms with Gasteiger partial charge in [-0.15, -0.1) is 0 Å². The molecule has 2 aromatic carbocycles. The molecule has 1 aliphatic rings. The lowest BCUT2D eigenvalue weighted by Gasteiger charge is -2.36. The Hall–Kier alpha value is -2.96. The molecule has 1 aromatic heterocycles. The predicted octanol–water partition coefficient (Wildman–Crippen LogP) is 5.42. The van der Waals surface area contributed by atoms with Gasteiger partial charge in [0.25, 0.3) is 5.91 Å². The van der Waals surface area contributed by atoms with Crippen molar-refractivity contribution in [3.63, 3.8) is 0 Å². The van der Waals surface area contributed by atoms with E-state index < -0.39 is 11.7 Å². The molecule has 0 radical (unpaired) electrons. The van der Waals surface area contributed by atoms with Gasteiger partial charge in [0.2, 0.25) is 5.88 Å². The van der Waals surface area contributed by atoms with Crippen molar-refractivity contribution < 1.29 is 13.9 Å². The van der Waals surface area contributed by atoms with Crippen molar-refractivity contribution in [1.29, 1.82) is 0 Å². The number of piperidine rings is 1. The molecule has 32 heavy (non-hydrogen) atoms. The Balaban J connectivity index is 1.35. The second kappa shape index (κ2) is 10.1. The molecule has 166 valence electrons. The fourth-order valence-electron chi connectivity index (χ4n) is 3.93. The van der Waals surface area contributed by atoms with Crippen molar-refractivity contribution in [2.24, 2.45) is 5.92 Å². The van der Waals surface area contributed by atoms with Gasteiger partial charge in [-0.1, -0.05) is 54.9 Å². The van der Waals surface area contributed by atoms with Gasteiger partial charge in [-0.05, 0) is 36.2 Å². The summed E-state index contributed by atoms with van der Waals surface area (Å²) in [6, 6.07) is 19.3. The van der Waals surface area contributed by atoms with E-state index in [0.29, 0.717) is 17.6 Å². The van der Waals surface area contributed by atoms with E-state index in [1.807, 2.05) is 6.07 Å². The highest BCUT2D eigenvalue weighted by Gasteiger charge is 2.28. The van der Waals surface area contributed by atoms with Crippen LogP contribution < -0.4 is 10.1 Å². The molecular weight excluding hydrogens is 429 g/mol. The summed E-state index contributed by atoms with van der Waals surface area (Å²) < 4.78 is 19.4. The fourth-order valence-corrected chi connectivity index (χ4v) is 4.19. The second-order valence-electron chi connectivity index (χ2n) is 8.08. The Morgan fingerprint density at radius 1 is 1.19 bits per heavy atom. The summed E-state index contributed by atoms with van der Waals surface area (Å²) in [7, 11) is 0. The lowest BCUT2D eigenvalue weighted by atomic mass is 9.96. The standard InChI is InChI=1S/C25H25ClFN3O2/c1-17-15-30(16-18-6-3-2-4-7-18)13-12-22(17)32-24-9-5-8-23(28-24)29-25(31)20-11-10-19(27)14-21(20)26/h2-11,14,17,22H,12-13,15-16H2,1H3,(H,28,29,31)/t17-,22+/m0/s1. The Kier molecular flexibility index (Phi) is 7.02. The van der Waals surface area contributed by atoms with Gasteiger partial charge < -0.3 is 10.1 Å². The number of ether oxygens (including phenoxy) is 1. The number of pyridine rings is 1. The number of likely N-dealkylation sites (tertiary alicyclic amines) is 1. The van der Waals surface area contributed by atoms with E-state index in [1.54, 1.807) is 18.2 Å². The second-order valence-corrected chi connectivity index (χ2v) is 8.49. The van der Waals surface area contributed by atoms with Crippen molar-refractivity contribution in [3.05, 3.63) is 88.7 Å². The van der Waals surface area contributed by atoms with Gasteiger partial charge in [-0.2, -0.15) is 4.98 Å². The SMILES string of the molecule is C[C@H]1CN(Cc2ccccc2)CC[C@H]1Oc1cccc(NC(=O)c2ccc(F)cc2Cl)n1. The molecule has 0 spiro atoms. The molecule has 1 saturated heterocycles.